The van der Waals surface area contributed by atoms with Crippen LogP contribution in [0.15, 0.2) is 72.8 Å². The first kappa shape index (κ1) is 13.8. The Labute approximate surface area is 128 Å². The first-order valence-electron chi connectivity index (χ1n) is 6.98. The molecule has 2 nitrogen and oxygen atoms in total. The Morgan fingerprint density at radius 3 is 2.36 bits per heavy atom. The van der Waals surface area contributed by atoms with Crippen molar-refractivity contribution in [2.75, 3.05) is 0 Å². The molecular weight excluding hydrogens is 270 g/mol. The topological polar surface area (TPSA) is 40.9 Å². The lowest BCUT2D eigenvalue weighted by Crippen LogP contribution is -1.93. The van der Waals surface area contributed by atoms with Gasteiger partial charge in [0.25, 0.3) is 0 Å². The van der Waals surface area contributed by atoms with Crippen molar-refractivity contribution in [2.24, 2.45) is 0 Å². The predicted octanol–water partition coefficient (Wildman–Crippen LogP) is 4.61. The van der Waals surface area contributed by atoms with E-state index in [9.17, 15) is 4.79 Å². The van der Waals surface area contributed by atoms with E-state index in [2.05, 4.69) is 6.07 Å². The van der Waals surface area contributed by atoms with Crippen molar-refractivity contribution >= 4 is 22.6 Å². The third-order valence-electron chi connectivity index (χ3n) is 3.50. The Hall–Kier alpha value is -3.18. The lowest BCUT2D eigenvalue weighted by Gasteiger charge is -2.00. The number of fused-ring (bicyclic) bond motifs is 1. The second-order valence-electron chi connectivity index (χ2n) is 4.99. The van der Waals surface area contributed by atoms with Gasteiger partial charge in [0.2, 0.25) is 0 Å². The van der Waals surface area contributed by atoms with Crippen LogP contribution in [0.3, 0.4) is 0 Å². The van der Waals surface area contributed by atoms with Crippen LogP contribution in [-0.2, 0) is 0 Å². The Balaban J connectivity index is 1.82. The summed E-state index contributed by atoms with van der Waals surface area (Å²) in [5, 5.41) is 10.9. The van der Waals surface area contributed by atoms with Gasteiger partial charge in [-0.3, -0.25) is 4.79 Å². The number of carbonyl (C=O) groups is 1. The maximum absolute atomic E-state index is 12.2. The molecule has 0 saturated carbocycles. The molecule has 0 heterocycles. The first-order chi connectivity index (χ1) is 10.8. The van der Waals surface area contributed by atoms with Crippen LogP contribution in [0, 0.1) is 11.3 Å². The highest BCUT2D eigenvalue weighted by Crippen LogP contribution is 2.16. The van der Waals surface area contributed by atoms with Crippen LogP contribution in [0.2, 0.25) is 0 Å². The van der Waals surface area contributed by atoms with E-state index < -0.39 is 0 Å². The van der Waals surface area contributed by atoms with Crippen molar-refractivity contribution in [2.45, 2.75) is 0 Å². The molecule has 0 bridgehead atoms. The predicted molar refractivity (Wildman–Crippen MR) is 88.5 cm³/mol. The molecule has 0 aliphatic carbocycles. The smallest absolute Gasteiger partial charge is 0.185 e. The lowest BCUT2D eigenvalue weighted by atomic mass is 10.0. The van der Waals surface area contributed by atoms with Crippen molar-refractivity contribution in [3.8, 4) is 6.07 Å². The van der Waals surface area contributed by atoms with Crippen LogP contribution in [0.25, 0.3) is 16.8 Å². The van der Waals surface area contributed by atoms with E-state index in [1.165, 1.54) is 0 Å². The number of nitriles is 1. The largest absolute Gasteiger partial charge is 0.289 e. The van der Waals surface area contributed by atoms with E-state index in [-0.39, 0.29) is 5.78 Å². The van der Waals surface area contributed by atoms with Gasteiger partial charge in [0.1, 0.15) is 0 Å². The third kappa shape index (κ3) is 2.94. The average Bonchev–Trinajstić information content (AvgIpc) is 2.59. The first-order valence-corrected chi connectivity index (χ1v) is 6.98. The summed E-state index contributed by atoms with van der Waals surface area (Å²) in [5.74, 6) is -0.0323. The molecule has 3 aromatic carbocycles. The molecule has 0 spiro atoms. The van der Waals surface area contributed by atoms with Gasteiger partial charge in [0.05, 0.1) is 11.6 Å². The average molecular weight is 283 g/mol. The molecule has 0 amide bonds. The van der Waals surface area contributed by atoms with Crippen molar-refractivity contribution in [1.29, 1.82) is 5.26 Å². The van der Waals surface area contributed by atoms with E-state index in [1.54, 1.807) is 24.3 Å². The number of allylic oxidation sites excluding steroid dienone is 1. The molecule has 0 saturated heterocycles. The van der Waals surface area contributed by atoms with Gasteiger partial charge in [-0.15, -0.1) is 0 Å². The van der Waals surface area contributed by atoms with Gasteiger partial charge < -0.3 is 0 Å². The summed E-state index contributed by atoms with van der Waals surface area (Å²) in [5.41, 5.74) is 2.18. The second kappa shape index (κ2) is 6.07. The van der Waals surface area contributed by atoms with E-state index in [4.69, 9.17) is 5.26 Å². The van der Waals surface area contributed by atoms with E-state index in [0.29, 0.717) is 11.1 Å². The SMILES string of the molecule is N#Cc1ccc(/C=C\C(=O)c2ccc3ccccc3c2)cc1. The molecule has 0 unspecified atom stereocenters. The molecule has 0 atom stereocenters. The number of carbonyl (C=O) groups excluding carboxylic acids is 1. The van der Waals surface area contributed by atoms with Gasteiger partial charge in [-0.1, -0.05) is 54.6 Å². The fourth-order valence-corrected chi connectivity index (χ4v) is 2.28. The molecule has 22 heavy (non-hydrogen) atoms. The van der Waals surface area contributed by atoms with Crippen LogP contribution < -0.4 is 0 Å². The van der Waals surface area contributed by atoms with E-state index in [1.807, 2.05) is 54.6 Å². The fourth-order valence-electron chi connectivity index (χ4n) is 2.28. The highest BCUT2D eigenvalue weighted by Gasteiger charge is 2.02. The second-order valence-corrected chi connectivity index (χ2v) is 4.99. The number of nitrogens with zero attached hydrogens (tertiary/aromatic N) is 1. The fraction of sp³-hybridized carbons (Fsp3) is 0. The van der Waals surface area contributed by atoms with Gasteiger partial charge in [0, 0.05) is 5.56 Å². The summed E-state index contributed by atoms with van der Waals surface area (Å²) in [6.07, 6.45) is 3.32. The Morgan fingerprint density at radius 2 is 1.64 bits per heavy atom. The molecule has 104 valence electrons. The zero-order chi connectivity index (χ0) is 15.4. The number of ketones is 1. The highest BCUT2D eigenvalue weighted by molar-refractivity contribution is 6.08. The monoisotopic (exact) mass is 283 g/mol. The van der Waals surface area contributed by atoms with Gasteiger partial charge >= 0.3 is 0 Å². The van der Waals surface area contributed by atoms with Gasteiger partial charge in [-0.2, -0.15) is 5.26 Å². The number of hydrogen-bond donors (Lipinski definition) is 0. The van der Waals surface area contributed by atoms with E-state index >= 15 is 0 Å². The molecule has 2 heteroatoms. The van der Waals surface area contributed by atoms with E-state index in [0.717, 1.165) is 16.3 Å². The molecule has 0 N–H and O–H groups in total. The zero-order valence-electron chi connectivity index (χ0n) is 11.9. The zero-order valence-corrected chi connectivity index (χ0v) is 11.9. The summed E-state index contributed by atoms with van der Waals surface area (Å²) in [6, 6.07) is 22.9. The molecule has 0 aromatic heterocycles. The standard InChI is InChI=1S/C20H13NO/c21-14-16-7-5-15(6-8-16)9-12-20(22)19-11-10-17-3-1-2-4-18(17)13-19/h1-13H/b12-9-. The summed E-state index contributed by atoms with van der Waals surface area (Å²) >= 11 is 0. The van der Waals surface area contributed by atoms with Crippen molar-refractivity contribution in [3.63, 3.8) is 0 Å². The molecule has 0 aliphatic rings. The maximum Gasteiger partial charge on any atom is 0.185 e. The highest BCUT2D eigenvalue weighted by atomic mass is 16.1. The summed E-state index contributed by atoms with van der Waals surface area (Å²) < 4.78 is 0. The van der Waals surface area contributed by atoms with Crippen LogP contribution in [0.4, 0.5) is 0 Å². The van der Waals surface area contributed by atoms with Crippen LogP contribution in [0.5, 0.6) is 0 Å². The maximum atomic E-state index is 12.2. The van der Waals surface area contributed by atoms with Gasteiger partial charge in [-0.25, -0.2) is 0 Å². The summed E-state index contributed by atoms with van der Waals surface area (Å²) in [7, 11) is 0. The third-order valence-corrected chi connectivity index (χ3v) is 3.50. The number of benzene rings is 3. The van der Waals surface area contributed by atoms with Gasteiger partial charge in [0.15, 0.2) is 5.78 Å². The molecule has 0 aliphatic heterocycles. The molecule has 0 fully saturated rings. The Kier molecular flexibility index (Phi) is 3.80. The molecule has 0 radical (unpaired) electrons. The molecule has 3 rings (SSSR count). The molecular formula is C20H13NO. The Morgan fingerprint density at radius 1 is 0.909 bits per heavy atom. The van der Waals surface area contributed by atoms with Crippen LogP contribution >= 0.6 is 0 Å². The minimum atomic E-state index is -0.0323. The number of rotatable bonds is 3. The lowest BCUT2D eigenvalue weighted by molar-refractivity contribution is 0.104. The minimum absolute atomic E-state index is 0.0323. The van der Waals surface area contributed by atoms with Crippen LogP contribution in [-0.4, -0.2) is 5.78 Å². The minimum Gasteiger partial charge on any atom is -0.289 e. The van der Waals surface area contributed by atoms with Crippen molar-refractivity contribution in [3.05, 3.63) is 89.5 Å². The Bertz CT molecular complexity index is 899. The summed E-state index contributed by atoms with van der Waals surface area (Å²) in [6.45, 7) is 0. The summed E-state index contributed by atoms with van der Waals surface area (Å²) in [4.78, 5) is 12.2. The number of hydrogen-bond acceptors (Lipinski definition) is 2. The normalized spacial score (nSPS) is 10.7. The van der Waals surface area contributed by atoms with Crippen molar-refractivity contribution in [1.82, 2.24) is 0 Å². The van der Waals surface area contributed by atoms with Crippen LogP contribution in [0.1, 0.15) is 21.5 Å². The molecule has 3 aromatic rings. The quantitative estimate of drug-likeness (QED) is 0.520. The van der Waals surface area contributed by atoms with Crippen molar-refractivity contribution < 1.29 is 4.79 Å². The van der Waals surface area contributed by atoms with Gasteiger partial charge in [-0.05, 0) is 40.6 Å².